The number of alkyl halides is 3. The molecule has 0 bridgehead atoms. The van der Waals surface area contributed by atoms with Gasteiger partial charge in [0.2, 0.25) is 0 Å². The molecule has 3 nitrogen and oxygen atoms in total. The van der Waals surface area contributed by atoms with Crippen molar-refractivity contribution in [2.45, 2.75) is 13.1 Å². The first-order chi connectivity index (χ1) is 9.37. The molecule has 0 N–H and O–H groups in total. The van der Waals surface area contributed by atoms with Crippen molar-refractivity contribution < 1.29 is 27.1 Å². The maximum atomic E-state index is 12.1. The fourth-order valence-electron chi connectivity index (χ4n) is 1.67. The molecule has 0 amide bonds. The molecule has 2 rings (SSSR count). The van der Waals surface area contributed by atoms with Crippen LogP contribution in [0.4, 0.5) is 13.2 Å². The number of carbonyl (C=O) groups is 1. The van der Waals surface area contributed by atoms with Crippen LogP contribution in [0.1, 0.15) is 16.1 Å². The fraction of sp³-hybridized carbons (Fsp3) is 0.214. The van der Waals surface area contributed by atoms with Gasteiger partial charge in [-0.05, 0) is 37.3 Å². The van der Waals surface area contributed by atoms with Crippen LogP contribution >= 0.6 is 0 Å². The molecule has 0 saturated carbocycles. The third kappa shape index (κ3) is 3.63. The van der Waals surface area contributed by atoms with E-state index in [1.807, 2.05) is 0 Å². The summed E-state index contributed by atoms with van der Waals surface area (Å²) in [5.41, 5.74) is 0.702. The SMILES string of the molecule is Cc1ccc(-c2cc(C=O)cc(OCC(F)(F)F)c2)o1. The van der Waals surface area contributed by atoms with Gasteiger partial charge >= 0.3 is 6.18 Å². The van der Waals surface area contributed by atoms with E-state index in [-0.39, 0.29) is 11.3 Å². The van der Waals surface area contributed by atoms with Crippen molar-refractivity contribution >= 4 is 6.29 Å². The summed E-state index contributed by atoms with van der Waals surface area (Å²) in [6.45, 7) is 0.333. The number of hydrogen-bond donors (Lipinski definition) is 0. The molecule has 0 unspecified atom stereocenters. The Labute approximate surface area is 113 Å². The maximum Gasteiger partial charge on any atom is 0.422 e. The molecule has 1 aromatic heterocycles. The van der Waals surface area contributed by atoms with E-state index in [4.69, 9.17) is 4.42 Å². The number of ether oxygens (including phenoxy) is 1. The highest BCUT2D eigenvalue weighted by molar-refractivity contribution is 5.79. The molecule has 0 aliphatic heterocycles. The van der Waals surface area contributed by atoms with Crippen LogP contribution in [0.25, 0.3) is 11.3 Å². The van der Waals surface area contributed by atoms with E-state index in [0.29, 0.717) is 23.4 Å². The van der Waals surface area contributed by atoms with Crippen molar-refractivity contribution in [2.24, 2.45) is 0 Å². The molecule has 0 aliphatic carbocycles. The average molecular weight is 284 g/mol. The summed E-state index contributed by atoms with van der Waals surface area (Å²) in [4.78, 5) is 10.8. The normalized spacial score (nSPS) is 11.4. The van der Waals surface area contributed by atoms with Gasteiger partial charge in [-0.3, -0.25) is 4.79 Å². The van der Waals surface area contributed by atoms with Crippen LogP contribution in [0.15, 0.2) is 34.7 Å². The zero-order valence-electron chi connectivity index (χ0n) is 10.5. The molecule has 20 heavy (non-hydrogen) atoms. The zero-order valence-corrected chi connectivity index (χ0v) is 10.5. The van der Waals surface area contributed by atoms with Gasteiger partial charge in [-0.2, -0.15) is 13.2 Å². The number of hydrogen-bond acceptors (Lipinski definition) is 3. The Morgan fingerprint density at radius 1 is 1.25 bits per heavy atom. The zero-order chi connectivity index (χ0) is 14.8. The molecular formula is C14H11F3O3. The number of carbonyl (C=O) groups excluding carboxylic acids is 1. The number of aldehydes is 1. The number of benzene rings is 1. The Kier molecular flexibility index (Phi) is 3.83. The molecule has 0 spiro atoms. The molecular weight excluding hydrogens is 273 g/mol. The lowest BCUT2D eigenvalue weighted by Gasteiger charge is -2.10. The quantitative estimate of drug-likeness (QED) is 0.796. The maximum absolute atomic E-state index is 12.1. The van der Waals surface area contributed by atoms with Crippen LogP contribution in [-0.2, 0) is 0 Å². The van der Waals surface area contributed by atoms with Gasteiger partial charge in [0.05, 0.1) is 0 Å². The highest BCUT2D eigenvalue weighted by Gasteiger charge is 2.28. The molecule has 0 fully saturated rings. The summed E-state index contributed by atoms with van der Waals surface area (Å²) in [5, 5.41) is 0. The summed E-state index contributed by atoms with van der Waals surface area (Å²) in [5.74, 6) is 1.09. The fourth-order valence-corrected chi connectivity index (χ4v) is 1.67. The summed E-state index contributed by atoms with van der Waals surface area (Å²) < 4.78 is 46.4. The van der Waals surface area contributed by atoms with Crippen molar-refractivity contribution in [3.8, 4) is 17.1 Å². The van der Waals surface area contributed by atoms with Gasteiger partial charge < -0.3 is 9.15 Å². The van der Waals surface area contributed by atoms with E-state index >= 15 is 0 Å². The largest absolute Gasteiger partial charge is 0.484 e. The molecule has 0 aliphatic rings. The predicted molar refractivity (Wildman–Crippen MR) is 65.8 cm³/mol. The topological polar surface area (TPSA) is 39.4 Å². The van der Waals surface area contributed by atoms with Crippen molar-refractivity contribution in [1.82, 2.24) is 0 Å². The van der Waals surface area contributed by atoms with E-state index in [0.717, 1.165) is 0 Å². The molecule has 2 aromatic rings. The van der Waals surface area contributed by atoms with E-state index < -0.39 is 12.8 Å². The average Bonchev–Trinajstić information content (AvgIpc) is 2.82. The second-order valence-electron chi connectivity index (χ2n) is 4.22. The van der Waals surface area contributed by atoms with Gasteiger partial charge in [-0.1, -0.05) is 0 Å². The van der Waals surface area contributed by atoms with E-state index in [2.05, 4.69) is 4.74 Å². The summed E-state index contributed by atoms with van der Waals surface area (Å²) in [6, 6.07) is 7.56. The van der Waals surface area contributed by atoms with E-state index in [1.54, 1.807) is 19.1 Å². The Morgan fingerprint density at radius 3 is 2.55 bits per heavy atom. The van der Waals surface area contributed by atoms with E-state index in [1.165, 1.54) is 18.2 Å². The Bertz CT molecular complexity index is 614. The molecule has 6 heteroatoms. The van der Waals surface area contributed by atoms with Gasteiger partial charge in [-0.25, -0.2) is 0 Å². The molecule has 0 saturated heterocycles. The lowest BCUT2D eigenvalue weighted by Crippen LogP contribution is -2.19. The third-order valence-electron chi connectivity index (χ3n) is 2.49. The Balaban J connectivity index is 2.31. The summed E-state index contributed by atoms with van der Waals surface area (Å²) in [7, 11) is 0. The molecule has 1 heterocycles. The number of aryl methyl sites for hydroxylation is 1. The van der Waals surface area contributed by atoms with Crippen LogP contribution in [0.5, 0.6) is 5.75 Å². The van der Waals surface area contributed by atoms with Gasteiger partial charge in [0.15, 0.2) is 6.61 Å². The second-order valence-corrected chi connectivity index (χ2v) is 4.22. The number of halogens is 3. The number of rotatable bonds is 4. The Hall–Kier alpha value is -2.24. The van der Waals surface area contributed by atoms with Gasteiger partial charge in [0, 0.05) is 11.1 Å². The molecule has 1 aromatic carbocycles. The van der Waals surface area contributed by atoms with Crippen LogP contribution in [0.3, 0.4) is 0 Å². The van der Waals surface area contributed by atoms with Crippen LogP contribution < -0.4 is 4.74 Å². The first-order valence-corrected chi connectivity index (χ1v) is 5.74. The lowest BCUT2D eigenvalue weighted by atomic mass is 10.1. The molecule has 0 atom stereocenters. The van der Waals surface area contributed by atoms with E-state index in [9.17, 15) is 18.0 Å². The van der Waals surface area contributed by atoms with Gasteiger partial charge in [-0.15, -0.1) is 0 Å². The van der Waals surface area contributed by atoms with Gasteiger partial charge in [0.1, 0.15) is 23.6 Å². The van der Waals surface area contributed by atoms with Crippen LogP contribution in [-0.4, -0.2) is 19.1 Å². The Morgan fingerprint density at radius 2 is 2.00 bits per heavy atom. The summed E-state index contributed by atoms with van der Waals surface area (Å²) in [6.07, 6.45) is -3.89. The van der Waals surface area contributed by atoms with Gasteiger partial charge in [0.25, 0.3) is 0 Å². The summed E-state index contributed by atoms with van der Waals surface area (Å²) >= 11 is 0. The standard InChI is InChI=1S/C14H11F3O3/c1-9-2-3-13(20-9)11-4-10(7-18)5-12(6-11)19-8-14(15,16)17/h2-7H,8H2,1H3. The smallest absolute Gasteiger partial charge is 0.422 e. The third-order valence-corrected chi connectivity index (χ3v) is 2.49. The minimum absolute atomic E-state index is 0.0315. The predicted octanol–water partition coefficient (Wildman–Crippen LogP) is 4.01. The highest BCUT2D eigenvalue weighted by atomic mass is 19.4. The van der Waals surface area contributed by atoms with Crippen molar-refractivity contribution in [2.75, 3.05) is 6.61 Å². The van der Waals surface area contributed by atoms with Crippen molar-refractivity contribution in [3.63, 3.8) is 0 Å². The second kappa shape index (κ2) is 5.40. The lowest BCUT2D eigenvalue weighted by molar-refractivity contribution is -0.153. The van der Waals surface area contributed by atoms with Crippen LogP contribution in [0.2, 0.25) is 0 Å². The first kappa shape index (κ1) is 14.2. The van der Waals surface area contributed by atoms with Crippen LogP contribution in [0, 0.1) is 6.92 Å². The molecule has 106 valence electrons. The monoisotopic (exact) mass is 284 g/mol. The number of furan rings is 1. The minimum atomic E-state index is -4.43. The van der Waals surface area contributed by atoms with Crippen molar-refractivity contribution in [3.05, 3.63) is 41.7 Å². The van der Waals surface area contributed by atoms with Crippen molar-refractivity contribution in [1.29, 1.82) is 0 Å². The minimum Gasteiger partial charge on any atom is -0.484 e. The first-order valence-electron chi connectivity index (χ1n) is 5.74. The highest BCUT2D eigenvalue weighted by Crippen LogP contribution is 2.28. The molecule has 0 radical (unpaired) electrons.